The van der Waals surface area contributed by atoms with E-state index in [0.717, 1.165) is 16.7 Å². The van der Waals surface area contributed by atoms with E-state index in [1.807, 2.05) is 43.7 Å². The molecule has 0 N–H and O–H groups in total. The highest BCUT2D eigenvalue weighted by molar-refractivity contribution is 8.16. The second-order valence-electron chi connectivity index (χ2n) is 5.61. The Bertz CT molecular complexity index is 791. The van der Waals surface area contributed by atoms with E-state index in [-0.39, 0.29) is 15.7 Å². The first kappa shape index (κ1) is 20.4. The van der Waals surface area contributed by atoms with Gasteiger partial charge in [-0.2, -0.15) is 0 Å². The second-order valence-corrected chi connectivity index (χ2v) is 7.79. The summed E-state index contributed by atoms with van der Waals surface area (Å²) in [5.74, 6) is -1.13. The first-order chi connectivity index (χ1) is 12.5. The van der Waals surface area contributed by atoms with Crippen LogP contribution in [0.15, 0.2) is 69.9 Å². The number of hydrogen-bond donors (Lipinski definition) is 0. The van der Waals surface area contributed by atoms with E-state index >= 15 is 0 Å². The largest absolute Gasteiger partial charge is 0.465 e. The molecule has 6 heteroatoms. The van der Waals surface area contributed by atoms with Crippen LogP contribution in [0.5, 0.6) is 0 Å². The minimum absolute atomic E-state index is 0.0978. The number of hydrogen-bond acceptors (Lipinski definition) is 6. The first-order valence-corrected chi connectivity index (χ1v) is 10.5. The number of ether oxygens (including phenoxy) is 2. The van der Waals surface area contributed by atoms with Crippen LogP contribution in [0.1, 0.15) is 6.92 Å². The number of methoxy groups -OCH3 is 2. The molecule has 0 aromatic heterocycles. The molecule has 138 valence electrons. The van der Waals surface area contributed by atoms with Crippen LogP contribution in [0.25, 0.3) is 0 Å². The Kier molecular flexibility index (Phi) is 7.17. The monoisotopic (exact) mass is 390 g/mol. The number of esters is 2. The van der Waals surface area contributed by atoms with Gasteiger partial charge in [0.15, 0.2) is 0 Å². The average Bonchev–Trinajstić information content (AvgIpc) is 2.92. The summed E-state index contributed by atoms with van der Waals surface area (Å²) < 4.78 is 10.0. The SMILES string of the molecule is COC(=O)C1=C(C(=O)OC)C2=C(C(SC)SC)C=CC(C)=CC2=CC=C1. The molecule has 2 aliphatic carbocycles. The van der Waals surface area contributed by atoms with Crippen LogP contribution in [-0.2, 0) is 19.1 Å². The van der Waals surface area contributed by atoms with Crippen molar-refractivity contribution in [1.29, 1.82) is 0 Å². The van der Waals surface area contributed by atoms with Gasteiger partial charge in [0.1, 0.15) is 0 Å². The van der Waals surface area contributed by atoms with E-state index in [9.17, 15) is 9.59 Å². The van der Waals surface area contributed by atoms with Gasteiger partial charge in [-0.25, -0.2) is 9.59 Å². The number of allylic oxidation sites excluding steroid dienone is 7. The van der Waals surface area contributed by atoms with E-state index in [4.69, 9.17) is 9.47 Å². The zero-order valence-electron chi connectivity index (χ0n) is 15.5. The van der Waals surface area contributed by atoms with Gasteiger partial charge in [0.25, 0.3) is 0 Å². The third-order valence-corrected chi connectivity index (χ3v) is 6.54. The molecule has 0 saturated heterocycles. The standard InChI is InChI=1S/C20H22O4S2/c1-12-9-10-15(20(25-4)26-5)16-13(11-12)7-6-8-14(18(21)23-2)17(16)19(22)24-3/h6-11,20H,1-5H3. The van der Waals surface area contributed by atoms with Gasteiger partial charge in [-0.1, -0.05) is 36.0 Å². The van der Waals surface area contributed by atoms with Crippen LogP contribution in [0.4, 0.5) is 0 Å². The fraction of sp³-hybridized carbons (Fsp3) is 0.300. The molecule has 2 rings (SSSR count). The van der Waals surface area contributed by atoms with Gasteiger partial charge >= 0.3 is 11.9 Å². The van der Waals surface area contributed by atoms with E-state index in [2.05, 4.69) is 0 Å². The van der Waals surface area contributed by atoms with Crippen molar-refractivity contribution >= 4 is 35.5 Å². The molecule has 0 heterocycles. The molecular formula is C20H22O4S2. The Morgan fingerprint density at radius 1 is 1.00 bits per heavy atom. The van der Waals surface area contributed by atoms with Crippen molar-refractivity contribution in [3.05, 3.63) is 69.9 Å². The molecule has 0 saturated carbocycles. The number of rotatable bonds is 5. The molecule has 0 amide bonds. The van der Waals surface area contributed by atoms with Crippen LogP contribution in [0.2, 0.25) is 0 Å². The Morgan fingerprint density at radius 2 is 1.65 bits per heavy atom. The molecule has 4 nitrogen and oxygen atoms in total. The Morgan fingerprint density at radius 3 is 2.23 bits per heavy atom. The zero-order valence-corrected chi connectivity index (χ0v) is 17.1. The van der Waals surface area contributed by atoms with Gasteiger partial charge in [0.05, 0.1) is 29.9 Å². The highest BCUT2D eigenvalue weighted by Crippen LogP contribution is 2.40. The van der Waals surface area contributed by atoms with Gasteiger partial charge in [-0.3, -0.25) is 0 Å². The van der Waals surface area contributed by atoms with Gasteiger partial charge < -0.3 is 9.47 Å². The number of carbonyl (C=O) groups excluding carboxylic acids is 2. The molecule has 0 fully saturated rings. The molecule has 0 unspecified atom stereocenters. The molecule has 0 bridgehead atoms. The van der Waals surface area contributed by atoms with Crippen molar-refractivity contribution in [3.8, 4) is 0 Å². The van der Waals surface area contributed by atoms with Crippen LogP contribution >= 0.6 is 23.5 Å². The molecule has 26 heavy (non-hydrogen) atoms. The summed E-state index contributed by atoms with van der Waals surface area (Å²) in [6, 6.07) is 0. The Balaban J connectivity index is 2.91. The number of thioether (sulfide) groups is 2. The summed E-state index contributed by atoms with van der Waals surface area (Å²) in [5, 5.41) is 0. The highest BCUT2D eigenvalue weighted by Gasteiger charge is 2.31. The van der Waals surface area contributed by atoms with Crippen LogP contribution < -0.4 is 0 Å². The molecule has 2 aliphatic rings. The lowest BCUT2D eigenvalue weighted by Crippen LogP contribution is -2.18. The summed E-state index contributed by atoms with van der Waals surface area (Å²) >= 11 is 3.36. The van der Waals surface area contributed by atoms with E-state index < -0.39 is 11.9 Å². The van der Waals surface area contributed by atoms with Gasteiger partial charge in [0, 0.05) is 5.57 Å². The Labute approximate surface area is 162 Å². The predicted molar refractivity (Wildman–Crippen MR) is 109 cm³/mol. The van der Waals surface area contributed by atoms with Gasteiger partial charge in [-0.15, -0.1) is 23.5 Å². The number of carbonyl (C=O) groups is 2. The van der Waals surface area contributed by atoms with E-state index in [1.165, 1.54) is 14.2 Å². The van der Waals surface area contributed by atoms with E-state index in [0.29, 0.717) is 5.57 Å². The maximum absolute atomic E-state index is 12.7. The minimum Gasteiger partial charge on any atom is -0.465 e. The molecule has 0 spiro atoms. The van der Waals surface area contributed by atoms with Crippen LogP contribution in [0, 0.1) is 0 Å². The molecule has 0 aromatic carbocycles. The summed E-state index contributed by atoms with van der Waals surface area (Å²) in [6.45, 7) is 2.00. The van der Waals surface area contributed by atoms with Crippen molar-refractivity contribution in [2.24, 2.45) is 0 Å². The number of fused-ring (bicyclic) bond motifs is 1. The molecule has 0 radical (unpaired) electrons. The third-order valence-electron chi connectivity index (χ3n) is 4.02. The molecule has 0 atom stereocenters. The first-order valence-electron chi connectivity index (χ1n) is 7.94. The second kappa shape index (κ2) is 9.14. The molecular weight excluding hydrogens is 368 g/mol. The Hall–Kier alpha value is -1.92. The van der Waals surface area contributed by atoms with Crippen molar-refractivity contribution in [2.75, 3.05) is 26.7 Å². The van der Waals surface area contributed by atoms with Crippen molar-refractivity contribution in [3.63, 3.8) is 0 Å². The predicted octanol–water partition coefficient (Wildman–Crippen LogP) is 3.99. The summed E-state index contributed by atoms with van der Waals surface area (Å²) in [7, 11) is 2.62. The summed E-state index contributed by atoms with van der Waals surface area (Å²) in [6.07, 6.45) is 15.4. The molecule has 0 aliphatic heterocycles. The highest BCUT2D eigenvalue weighted by atomic mass is 32.2. The maximum Gasteiger partial charge on any atom is 0.339 e. The fourth-order valence-electron chi connectivity index (χ4n) is 2.86. The zero-order chi connectivity index (χ0) is 19.3. The van der Waals surface area contributed by atoms with Gasteiger partial charge in [-0.05, 0) is 36.7 Å². The quantitative estimate of drug-likeness (QED) is 0.523. The van der Waals surface area contributed by atoms with Crippen molar-refractivity contribution in [2.45, 2.75) is 11.5 Å². The van der Waals surface area contributed by atoms with Crippen LogP contribution in [-0.4, -0.2) is 43.3 Å². The summed E-state index contributed by atoms with van der Waals surface area (Å²) in [5.41, 5.74) is 4.03. The topological polar surface area (TPSA) is 52.6 Å². The van der Waals surface area contributed by atoms with Gasteiger partial charge in [0.2, 0.25) is 0 Å². The lowest BCUT2D eigenvalue weighted by molar-refractivity contribution is -0.138. The average molecular weight is 391 g/mol. The lowest BCUT2D eigenvalue weighted by atomic mass is 9.91. The lowest BCUT2D eigenvalue weighted by Gasteiger charge is -2.21. The normalized spacial score (nSPS) is 16.7. The minimum atomic E-state index is -0.568. The third kappa shape index (κ3) is 4.07. The molecule has 0 aromatic rings. The maximum atomic E-state index is 12.7. The van der Waals surface area contributed by atoms with Crippen LogP contribution in [0.3, 0.4) is 0 Å². The smallest absolute Gasteiger partial charge is 0.339 e. The van der Waals surface area contributed by atoms with Crippen molar-refractivity contribution < 1.29 is 19.1 Å². The van der Waals surface area contributed by atoms with Crippen molar-refractivity contribution in [1.82, 2.24) is 0 Å². The fourth-order valence-corrected chi connectivity index (χ4v) is 4.53. The van der Waals surface area contributed by atoms with E-state index in [1.54, 1.807) is 35.7 Å². The summed E-state index contributed by atoms with van der Waals surface area (Å²) in [4.78, 5) is 25.1.